The van der Waals surface area contributed by atoms with Gasteiger partial charge in [0.25, 0.3) is 0 Å². The molecule has 0 unspecified atom stereocenters. The Hall–Kier alpha value is -1.30. The smallest absolute Gasteiger partial charge is 0.407 e. The van der Waals surface area contributed by atoms with Gasteiger partial charge in [0.05, 0.1) is 18.1 Å². The third-order valence-electron chi connectivity index (χ3n) is 2.86. The fourth-order valence-corrected chi connectivity index (χ4v) is 2.09. The Bertz CT molecular complexity index is 323. The number of carbonyl (C=O) groups excluding carboxylic acids is 1. The Kier molecular flexibility index (Phi) is 4.56. The number of hydrogen-bond donors (Lipinski definition) is 3. The number of carbonyl (C=O) groups is 2. The first-order chi connectivity index (χ1) is 8.20. The number of aliphatic carboxylic acids is 1. The molecule has 0 aliphatic heterocycles. The van der Waals surface area contributed by atoms with Crippen LogP contribution in [-0.2, 0) is 9.53 Å². The molecule has 1 rings (SSSR count). The standard InChI is InChI=1S/C12H21NO5/c1-12(2,3)18-11(17)13-9-7(10(15)16)5-4-6-8(9)14/h7-9,14H,4-6H2,1-3H3,(H,13,17)(H,15,16)/t7-,8+,9+/m0/s1. The normalized spacial score (nSPS) is 28.6. The lowest BCUT2D eigenvalue weighted by atomic mass is 9.82. The molecule has 1 fully saturated rings. The summed E-state index contributed by atoms with van der Waals surface area (Å²) in [5, 5.41) is 21.3. The van der Waals surface area contributed by atoms with E-state index < -0.39 is 35.7 Å². The summed E-state index contributed by atoms with van der Waals surface area (Å²) >= 11 is 0. The van der Waals surface area contributed by atoms with Crippen molar-refractivity contribution < 1.29 is 24.5 Å². The number of aliphatic hydroxyl groups is 1. The Morgan fingerprint density at radius 1 is 1.28 bits per heavy atom. The fraction of sp³-hybridized carbons (Fsp3) is 0.833. The van der Waals surface area contributed by atoms with E-state index in [9.17, 15) is 14.7 Å². The minimum Gasteiger partial charge on any atom is -0.481 e. The zero-order chi connectivity index (χ0) is 13.9. The van der Waals surface area contributed by atoms with Crippen LogP contribution in [0.5, 0.6) is 0 Å². The predicted molar refractivity (Wildman–Crippen MR) is 64.1 cm³/mol. The molecule has 1 aliphatic rings. The lowest BCUT2D eigenvalue weighted by Gasteiger charge is -2.34. The second-order valence-corrected chi connectivity index (χ2v) is 5.61. The third kappa shape index (κ3) is 4.18. The van der Waals surface area contributed by atoms with Crippen molar-refractivity contribution in [3.05, 3.63) is 0 Å². The van der Waals surface area contributed by atoms with Crippen molar-refractivity contribution in [2.75, 3.05) is 0 Å². The zero-order valence-corrected chi connectivity index (χ0v) is 11.0. The molecule has 1 amide bonds. The van der Waals surface area contributed by atoms with Crippen LogP contribution in [0.4, 0.5) is 4.79 Å². The highest BCUT2D eigenvalue weighted by atomic mass is 16.6. The van der Waals surface area contributed by atoms with Gasteiger partial charge in [-0.25, -0.2) is 4.79 Å². The molecule has 3 N–H and O–H groups in total. The first-order valence-electron chi connectivity index (χ1n) is 6.11. The van der Waals surface area contributed by atoms with Crippen molar-refractivity contribution in [3.8, 4) is 0 Å². The number of aliphatic hydroxyl groups excluding tert-OH is 1. The van der Waals surface area contributed by atoms with E-state index in [4.69, 9.17) is 9.84 Å². The van der Waals surface area contributed by atoms with E-state index in [1.165, 1.54) is 0 Å². The average molecular weight is 259 g/mol. The number of ether oxygens (including phenoxy) is 1. The van der Waals surface area contributed by atoms with E-state index in [2.05, 4.69) is 5.32 Å². The van der Waals surface area contributed by atoms with Crippen LogP contribution in [0.1, 0.15) is 40.0 Å². The molecule has 6 nitrogen and oxygen atoms in total. The van der Waals surface area contributed by atoms with Crippen molar-refractivity contribution in [1.29, 1.82) is 0 Å². The van der Waals surface area contributed by atoms with Crippen LogP contribution in [0, 0.1) is 5.92 Å². The minimum atomic E-state index is -1.00. The van der Waals surface area contributed by atoms with Gasteiger partial charge < -0.3 is 20.3 Å². The number of alkyl carbamates (subject to hydrolysis) is 1. The van der Waals surface area contributed by atoms with Crippen molar-refractivity contribution in [1.82, 2.24) is 5.32 Å². The number of rotatable bonds is 2. The van der Waals surface area contributed by atoms with E-state index >= 15 is 0 Å². The molecule has 1 saturated carbocycles. The molecule has 0 bridgehead atoms. The number of nitrogens with one attached hydrogen (secondary N) is 1. The van der Waals surface area contributed by atoms with Crippen molar-refractivity contribution in [2.24, 2.45) is 5.92 Å². The summed E-state index contributed by atoms with van der Waals surface area (Å²) < 4.78 is 5.06. The predicted octanol–water partition coefficient (Wildman–Crippen LogP) is 1.13. The fourth-order valence-electron chi connectivity index (χ4n) is 2.09. The molecule has 3 atom stereocenters. The van der Waals surface area contributed by atoms with Crippen molar-refractivity contribution in [3.63, 3.8) is 0 Å². The second-order valence-electron chi connectivity index (χ2n) is 5.61. The molecule has 0 aromatic carbocycles. The summed E-state index contributed by atoms with van der Waals surface area (Å²) in [5.74, 6) is -1.77. The molecule has 104 valence electrons. The van der Waals surface area contributed by atoms with Crippen LogP contribution in [-0.4, -0.2) is 40.0 Å². The summed E-state index contributed by atoms with van der Waals surface area (Å²) in [4.78, 5) is 22.7. The zero-order valence-electron chi connectivity index (χ0n) is 11.0. The molecule has 0 radical (unpaired) electrons. The average Bonchev–Trinajstić information content (AvgIpc) is 2.17. The summed E-state index contributed by atoms with van der Waals surface area (Å²) in [6.07, 6.45) is 0.0499. The lowest BCUT2D eigenvalue weighted by Crippen LogP contribution is -2.53. The van der Waals surface area contributed by atoms with Gasteiger partial charge in [-0.1, -0.05) is 0 Å². The van der Waals surface area contributed by atoms with Crippen molar-refractivity contribution >= 4 is 12.1 Å². The van der Waals surface area contributed by atoms with Crippen LogP contribution < -0.4 is 5.32 Å². The van der Waals surface area contributed by atoms with E-state index in [0.29, 0.717) is 19.3 Å². The van der Waals surface area contributed by atoms with Crippen LogP contribution >= 0.6 is 0 Å². The highest BCUT2D eigenvalue weighted by molar-refractivity contribution is 5.74. The molecule has 0 aromatic rings. The van der Waals surface area contributed by atoms with Crippen LogP contribution in [0.15, 0.2) is 0 Å². The SMILES string of the molecule is CC(C)(C)OC(=O)N[C@H]1[C@H](O)CCC[C@@H]1C(=O)O. The number of carboxylic acid groups (broad SMARTS) is 1. The van der Waals surface area contributed by atoms with Gasteiger partial charge in [-0.3, -0.25) is 4.79 Å². The van der Waals surface area contributed by atoms with Crippen LogP contribution in [0.3, 0.4) is 0 Å². The van der Waals surface area contributed by atoms with E-state index in [1.807, 2.05) is 0 Å². The van der Waals surface area contributed by atoms with Gasteiger partial charge in [0.2, 0.25) is 0 Å². The number of hydrogen-bond acceptors (Lipinski definition) is 4. The highest BCUT2D eigenvalue weighted by Gasteiger charge is 2.38. The van der Waals surface area contributed by atoms with E-state index in [-0.39, 0.29) is 0 Å². The topological polar surface area (TPSA) is 95.9 Å². The maximum absolute atomic E-state index is 11.6. The van der Waals surface area contributed by atoms with Crippen molar-refractivity contribution in [2.45, 2.75) is 57.8 Å². The van der Waals surface area contributed by atoms with E-state index in [1.54, 1.807) is 20.8 Å². The van der Waals surface area contributed by atoms with Gasteiger partial charge in [0, 0.05) is 0 Å². The Balaban J connectivity index is 2.66. The van der Waals surface area contributed by atoms with Crippen LogP contribution in [0.25, 0.3) is 0 Å². The first-order valence-corrected chi connectivity index (χ1v) is 6.11. The quantitative estimate of drug-likeness (QED) is 0.690. The molecule has 0 saturated heterocycles. The van der Waals surface area contributed by atoms with E-state index in [0.717, 1.165) is 0 Å². The molecular weight excluding hydrogens is 238 g/mol. The second kappa shape index (κ2) is 5.56. The van der Waals surface area contributed by atoms with Gasteiger partial charge in [-0.2, -0.15) is 0 Å². The minimum absolute atomic E-state index is 0.451. The molecule has 0 aromatic heterocycles. The van der Waals surface area contributed by atoms with Gasteiger partial charge in [0.1, 0.15) is 5.60 Å². The Labute approximate surface area is 106 Å². The Morgan fingerprint density at radius 3 is 2.39 bits per heavy atom. The molecule has 6 heteroatoms. The monoisotopic (exact) mass is 259 g/mol. The molecule has 0 heterocycles. The molecule has 18 heavy (non-hydrogen) atoms. The molecular formula is C12H21NO5. The largest absolute Gasteiger partial charge is 0.481 e. The first kappa shape index (κ1) is 14.8. The molecule has 0 spiro atoms. The summed E-state index contributed by atoms with van der Waals surface area (Å²) in [6.45, 7) is 5.16. The Morgan fingerprint density at radius 2 is 1.89 bits per heavy atom. The van der Waals surface area contributed by atoms with Crippen LogP contribution in [0.2, 0.25) is 0 Å². The summed E-state index contributed by atoms with van der Waals surface area (Å²) in [5.41, 5.74) is -0.650. The van der Waals surface area contributed by atoms with Gasteiger partial charge in [0.15, 0.2) is 0 Å². The highest BCUT2D eigenvalue weighted by Crippen LogP contribution is 2.25. The third-order valence-corrected chi connectivity index (χ3v) is 2.86. The van der Waals surface area contributed by atoms with Gasteiger partial charge in [-0.05, 0) is 40.0 Å². The summed E-state index contributed by atoms with van der Waals surface area (Å²) in [6, 6.07) is -0.786. The summed E-state index contributed by atoms with van der Waals surface area (Å²) in [7, 11) is 0. The lowest BCUT2D eigenvalue weighted by molar-refractivity contribution is -0.145. The number of amides is 1. The number of carboxylic acids is 1. The van der Waals surface area contributed by atoms with Gasteiger partial charge in [-0.15, -0.1) is 0 Å². The molecule has 1 aliphatic carbocycles. The maximum Gasteiger partial charge on any atom is 0.407 e. The van der Waals surface area contributed by atoms with Gasteiger partial charge >= 0.3 is 12.1 Å². The maximum atomic E-state index is 11.6.